The first-order valence-electron chi connectivity index (χ1n) is 6.25. The van der Waals surface area contributed by atoms with Gasteiger partial charge in [0, 0.05) is 0 Å². The van der Waals surface area contributed by atoms with Crippen molar-refractivity contribution in [3.8, 4) is 0 Å². The molecule has 3 rings (SSSR count). The third-order valence-electron chi connectivity index (χ3n) is 2.96. The summed E-state index contributed by atoms with van der Waals surface area (Å²) in [6.07, 6.45) is 1.56. The van der Waals surface area contributed by atoms with Crippen LogP contribution < -0.4 is 0 Å². The van der Waals surface area contributed by atoms with Gasteiger partial charge in [-0.2, -0.15) is 5.10 Å². The van der Waals surface area contributed by atoms with Crippen molar-refractivity contribution >= 4 is 22.0 Å². The lowest BCUT2D eigenvalue weighted by Gasteiger charge is -2.01. The van der Waals surface area contributed by atoms with E-state index in [1.54, 1.807) is 17.7 Å². The minimum Gasteiger partial charge on any atom is -0.391 e. The molecule has 0 atom stereocenters. The number of hydrogen-bond donors (Lipinski definition) is 0. The van der Waals surface area contributed by atoms with Crippen LogP contribution in [0.3, 0.4) is 0 Å². The Bertz CT molecular complexity index is 745. The predicted molar refractivity (Wildman–Crippen MR) is 79.0 cm³/mol. The van der Waals surface area contributed by atoms with E-state index in [2.05, 4.69) is 15.2 Å². The van der Waals surface area contributed by atoms with E-state index in [1.165, 1.54) is 0 Å². The van der Waals surface area contributed by atoms with E-state index in [4.69, 9.17) is 4.84 Å². The number of aryl methyl sites for hydroxylation is 1. The summed E-state index contributed by atoms with van der Waals surface area (Å²) in [5.41, 5.74) is 2.98. The average Bonchev–Trinajstić information content (AvgIpc) is 3.03. The van der Waals surface area contributed by atoms with Crippen molar-refractivity contribution < 1.29 is 4.84 Å². The molecule has 6 heteroatoms. The van der Waals surface area contributed by atoms with E-state index in [9.17, 15) is 0 Å². The SMILES string of the molecule is CC(=NOCc1ccccc1)c1sc2ncnn2c1C. The standard InChI is InChI=1S/C14H14N4OS/c1-10(17-19-8-12-6-4-3-5-7-12)13-11(2)18-14(20-13)15-9-16-18/h3-7,9H,8H2,1-2H3. The summed E-state index contributed by atoms with van der Waals surface area (Å²) in [7, 11) is 0. The van der Waals surface area contributed by atoms with Crippen LogP contribution in [0, 0.1) is 6.92 Å². The zero-order chi connectivity index (χ0) is 13.9. The van der Waals surface area contributed by atoms with E-state index in [0.29, 0.717) is 6.61 Å². The highest BCUT2D eigenvalue weighted by atomic mass is 32.1. The van der Waals surface area contributed by atoms with Gasteiger partial charge in [0.1, 0.15) is 12.9 Å². The molecule has 0 aliphatic heterocycles. The highest BCUT2D eigenvalue weighted by Crippen LogP contribution is 2.21. The maximum absolute atomic E-state index is 5.41. The fourth-order valence-corrected chi connectivity index (χ4v) is 2.92. The highest BCUT2D eigenvalue weighted by Gasteiger charge is 2.12. The molecule has 20 heavy (non-hydrogen) atoms. The maximum atomic E-state index is 5.41. The van der Waals surface area contributed by atoms with Gasteiger partial charge in [-0.3, -0.25) is 0 Å². The Morgan fingerprint density at radius 1 is 1.35 bits per heavy atom. The van der Waals surface area contributed by atoms with Gasteiger partial charge in [0.05, 0.1) is 16.3 Å². The number of aromatic nitrogens is 3. The van der Waals surface area contributed by atoms with Gasteiger partial charge in [-0.15, -0.1) is 0 Å². The van der Waals surface area contributed by atoms with E-state index in [1.807, 2.05) is 48.7 Å². The molecule has 0 aliphatic carbocycles. The summed E-state index contributed by atoms with van der Waals surface area (Å²) in [5.74, 6) is 0. The van der Waals surface area contributed by atoms with Crippen LogP contribution in [0.25, 0.3) is 4.96 Å². The molecular weight excluding hydrogens is 272 g/mol. The Labute approximate surface area is 120 Å². The van der Waals surface area contributed by atoms with Crippen LogP contribution in [-0.2, 0) is 11.4 Å². The lowest BCUT2D eigenvalue weighted by Crippen LogP contribution is -1.98. The second kappa shape index (κ2) is 5.42. The molecule has 0 amide bonds. The normalized spacial score (nSPS) is 12.0. The van der Waals surface area contributed by atoms with Crippen molar-refractivity contribution in [2.24, 2.45) is 5.16 Å². The minimum absolute atomic E-state index is 0.470. The Hall–Kier alpha value is -2.21. The summed E-state index contributed by atoms with van der Waals surface area (Å²) in [6.45, 7) is 4.41. The van der Waals surface area contributed by atoms with E-state index in [-0.39, 0.29) is 0 Å². The first kappa shape index (κ1) is 12.8. The monoisotopic (exact) mass is 286 g/mol. The Kier molecular flexibility index (Phi) is 3.47. The summed E-state index contributed by atoms with van der Waals surface area (Å²) >= 11 is 1.56. The summed E-state index contributed by atoms with van der Waals surface area (Å²) in [5, 5.41) is 8.35. The molecule has 0 radical (unpaired) electrons. The minimum atomic E-state index is 0.470. The largest absolute Gasteiger partial charge is 0.391 e. The molecule has 0 saturated heterocycles. The van der Waals surface area contributed by atoms with Crippen LogP contribution in [0.1, 0.15) is 23.1 Å². The number of rotatable bonds is 4. The molecule has 0 bridgehead atoms. The molecule has 102 valence electrons. The van der Waals surface area contributed by atoms with Crippen molar-refractivity contribution in [2.45, 2.75) is 20.5 Å². The van der Waals surface area contributed by atoms with Gasteiger partial charge in [0.15, 0.2) is 0 Å². The lowest BCUT2D eigenvalue weighted by atomic mass is 10.2. The molecule has 0 fully saturated rings. The van der Waals surface area contributed by atoms with Crippen LogP contribution >= 0.6 is 11.3 Å². The van der Waals surface area contributed by atoms with Crippen LogP contribution in [0.2, 0.25) is 0 Å². The number of fused-ring (bicyclic) bond motifs is 1. The molecule has 0 saturated carbocycles. The third kappa shape index (κ3) is 2.42. The molecule has 0 unspecified atom stereocenters. The second-order valence-electron chi connectivity index (χ2n) is 4.41. The molecule has 5 nitrogen and oxygen atoms in total. The Morgan fingerprint density at radius 2 is 2.15 bits per heavy atom. The lowest BCUT2D eigenvalue weighted by molar-refractivity contribution is 0.130. The molecule has 1 aromatic carbocycles. The smallest absolute Gasteiger partial charge is 0.212 e. The highest BCUT2D eigenvalue weighted by molar-refractivity contribution is 7.19. The second-order valence-corrected chi connectivity index (χ2v) is 5.38. The van der Waals surface area contributed by atoms with Gasteiger partial charge in [0.25, 0.3) is 0 Å². The molecular formula is C14H14N4OS. The van der Waals surface area contributed by atoms with E-state index in [0.717, 1.165) is 26.8 Å². The number of hydrogen-bond acceptors (Lipinski definition) is 5. The first-order chi connectivity index (χ1) is 9.75. The van der Waals surface area contributed by atoms with Crippen LogP contribution in [0.4, 0.5) is 0 Å². The quantitative estimate of drug-likeness (QED) is 0.547. The van der Waals surface area contributed by atoms with Crippen molar-refractivity contribution in [3.05, 3.63) is 52.8 Å². The van der Waals surface area contributed by atoms with Crippen molar-refractivity contribution in [2.75, 3.05) is 0 Å². The molecule has 0 aliphatic rings. The number of oxime groups is 1. The maximum Gasteiger partial charge on any atom is 0.212 e. The van der Waals surface area contributed by atoms with E-state index < -0.39 is 0 Å². The van der Waals surface area contributed by atoms with Crippen molar-refractivity contribution in [3.63, 3.8) is 0 Å². The van der Waals surface area contributed by atoms with Crippen molar-refractivity contribution in [1.29, 1.82) is 0 Å². The fourth-order valence-electron chi connectivity index (χ4n) is 1.95. The number of nitrogens with zero attached hydrogens (tertiary/aromatic N) is 4. The Morgan fingerprint density at radius 3 is 2.90 bits per heavy atom. The first-order valence-corrected chi connectivity index (χ1v) is 7.07. The molecule has 0 spiro atoms. The predicted octanol–water partition coefficient (Wildman–Crippen LogP) is 3.04. The number of benzene rings is 1. The average molecular weight is 286 g/mol. The molecule has 0 N–H and O–H groups in total. The third-order valence-corrected chi connectivity index (χ3v) is 4.22. The van der Waals surface area contributed by atoms with Crippen LogP contribution in [0.15, 0.2) is 41.8 Å². The van der Waals surface area contributed by atoms with Crippen LogP contribution in [0.5, 0.6) is 0 Å². The van der Waals surface area contributed by atoms with Gasteiger partial charge in [-0.1, -0.05) is 46.8 Å². The van der Waals surface area contributed by atoms with E-state index >= 15 is 0 Å². The molecule has 2 aromatic heterocycles. The number of thiazole rings is 1. The van der Waals surface area contributed by atoms with Gasteiger partial charge < -0.3 is 4.84 Å². The molecule has 2 heterocycles. The zero-order valence-electron chi connectivity index (χ0n) is 11.3. The Balaban J connectivity index is 1.74. The van der Waals surface area contributed by atoms with Gasteiger partial charge in [-0.25, -0.2) is 9.50 Å². The summed E-state index contributed by atoms with van der Waals surface area (Å²) in [6, 6.07) is 9.98. The topological polar surface area (TPSA) is 51.8 Å². The summed E-state index contributed by atoms with van der Waals surface area (Å²) in [4.78, 5) is 11.5. The van der Waals surface area contributed by atoms with Gasteiger partial charge in [0.2, 0.25) is 4.96 Å². The van der Waals surface area contributed by atoms with Crippen LogP contribution in [-0.4, -0.2) is 20.3 Å². The molecule has 3 aromatic rings. The fraction of sp³-hybridized carbons (Fsp3) is 0.214. The zero-order valence-corrected chi connectivity index (χ0v) is 12.1. The van der Waals surface area contributed by atoms with Gasteiger partial charge in [-0.05, 0) is 19.4 Å². The van der Waals surface area contributed by atoms with Crippen molar-refractivity contribution in [1.82, 2.24) is 14.6 Å². The van der Waals surface area contributed by atoms with Gasteiger partial charge >= 0.3 is 0 Å². The summed E-state index contributed by atoms with van der Waals surface area (Å²) < 4.78 is 1.82.